The van der Waals surface area contributed by atoms with Crippen LogP contribution in [0.3, 0.4) is 0 Å². The minimum atomic E-state index is -0.513. The molecule has 146 valence electrons. The standard InChI is InChI=1S/C23H27N3O2/c1-23(2,3)26-11-9-17(14-26)22(28)25-13-18(21(27)15-25)12-16-8-10-24-20-7-5-4-6-19(16)20/h4-11,14,18,21,27H,12-13,15H2,1-3H3/t18-,21+/m1/s1. The average Bonchev–Trinajstić information content (AvgIpc) is 3.29. The quantitative estimate of drug-likeness (QED) is 0.760. The smallest absolute Gasteiger partial charge is 0.255 e. The van der Waals surface area contributed by atoms with Crippen LogP contribution in [0.4, 0.5) is 0 Å². The van der Waals surface area contributed by atoms with Crippen molar-refractivity contribution in [2.24, 2.45) is 5.92 Å². The Morgan fingerprint density at radius 3 is 2.71 bits per heavy atom. The molecule has 0 unspecified atom stereocenters. The first kappa shape index (κ1) is 18.7. The highest BCUT2D eigenvalue weighted by Crippen LogP contribution is 2.27. The number of rotatable bonds is 3. The molecule has 3 aromatic rings. The molecule has 2 atom stereocenters. The predicted octanol–water partition coefficient (Wildman–Crippen LogP) is 3.47. The number of carbonyl (C=O) groups is 1. The number of pyridine rings is 1. The molecule has 5 heteroatoms. The van der Waals surface area contributed by atoms with Gasteiger partial charge >= 0.3 is 0 Å². The highest BCUT2D eigenvalue weighted by molar-refractivity contribution is 5.94. The molecule has 1 amide bonds. The summed E-state index contributed by atoms with van der Waals surface area (Å²) in [5.41, 5.74) is 2.75. The van der Waals surface area contributed by atoms with Crippen LogP contribution in [-0.2, 0) is 12.0 Å². The van der Waals surface area contributed by atoms with Gasteiger partial charge in [-0.25, -0.2) is 0 Å². The van der Waals surface area contributed by atoms with Crippen molar-refractivity contribution < 1.29 is 9.90 Å². The minimum absolute atomic E-state index is 0.0101. The number of aromatic nitrogens is 2. The summed E-state index contributed by atoms with van der Waals surface area (Å²) in [5, 5.41) is 11.7. The molecule has 3 heterocycles. The van der Waals surface area contributed by atoms with Crippen molar-refractivity contribution in [1.82, 2.24) is 14.5 Å². The third-order valence-corrected chi connectivity index (χ3v) is 5.63. The second kappa shape index (κ2) is 7.06. The zero-order chi connectivity index (χ0) is 19.9. The van der Waals surface area contributed by atoms with Gasteiger partial charge in [-0.2, -0.15) is 0 Å². The molecule has 1 aromatic carbocycles. The Morgan fingerprint density at radius 1 is 1.18 bits per heavy atom. The Bertz CT molecular complexity index is 997. The number of hydrogen-bond acceptors (Lipinski definition) is 3. The number of hydrogen-bond donors (Lipinski definition) is 1. The number of nitrogens with zero attached hydrogens (tertiary/aromatic N) is 3. The van der Waals surface area contributed by atoms with Crippen molar-refractivity contribution in [3.63, 3.8) is 0 Å². The second-order valence-electron chi connectivity index (χ2n) is 8.71. The number of likely N-dealkylation sites (tertiary alicyclic amines) is 1. The van der Waals surface area contributed by atoms with E-state index in [0.29, 0.717) is 18.7 Å². The predicted molar refractivity (Wildman–Crippen MR) is 110 cm³/mol. The minimum Gasteiger partial charge on any atom is -0.391 e. The Labute approximate surface area is 165 Å². The van der Waals surface area contributed by atoms with Crippen LogP contribution >= 0.6 is 0 Å². The van der Waals surface area contributed by atoms with E-state index in [1.165, 1.54) is 5.56 Å². The van der Waals surface area contributed by atoms with Crippen molar-refractivity contribution in [2.75, 3.05) is 13.1 Å². The Morgan fingerprint density at radius 2 is 1.96 bits per heavy atom. The fraction of sp³-hybridized carbons (Fsp3) is 0.391. The van der Waals surface area contributed by atoms with Crippen molar-refractivity contribution in [2.45, 2.75) is 38.8 Å². The average molecular weight is 377 g/mol. The second-order valence-corrected chi connectivity index (χ2v) is 8.71. The van der Waals surface area contributed by atoms with Gasteiger partial charge in [-0.3, -0.25) is 9.78 Å². The molecule has 0 bridgehead atoms. The van der Waals surface area contributed by atoms with E-state index in [1.54, 1.807) is 4.90 Å². The van der Waals surface area contributed by atoms with E-state index in [4.69, 9.17) is 0 Å². The molecule has 1 saturated heterocycles. The maximum Gasteiger partial charge on any atom is 0.255 e. The third kappa shape index (κ3) is 3.54. The number of benzene rings is 1. The zero-order valence-corrected chi connectivity index (χ0v) is 16.7. The molecular formula is C23H27N3O2. The number of aliphatic hydroxyl groups is 1. The number of carbonyl (C=O) groups excluding carboxylic acids is 1. The van der Waals surface area contributed by atoms with Crippen LogP contribution in [0, 0.1) is 5.92 Å². The maximum absolute atomic E-state index is 12.9. The number of aliphatic hydroxyl groups excluding tert-OH is 1. The van der Waals surface area contributed by atoms with Crippen LogP contribution in [0.5, 0.6) is 0 Å². The third-order valence-electron chi connectivity index (χ3n) is 5.63. The molecule has 1 aliphatic rings. The number of fused-ring (bicyclic) bond motifs is 1. The molecule has 0 saturated carbocycles. The molecule has 1 aliphatic heterocycles. The molecule has 0 aliphatic carbocycles. The number of para-hydroxylation sites is 1. The van der Waals surface area contributed by atoms with Crippen molar-refractivity contribution in [1.29, 1.82) is 0 Å². The number of amides is 1. The highest BCUT2D eigenvalue weighted by atomic mass is 16.3. The van der Waals surface area contributed by atoms with Gasteiger partial charge in [0.1, 0.15) is 0 Å². The topological polar surface area (TPSA) is 58.4 Å². The lowest BCUT2D eigenvalue weighted by Crippen LogP contribution is -2.29. The van der Waals surface area contributed by atoms with Crippen LogP contribution in [0.15, 0.2) is 55.0 Å². The number of β-amino-alcohol motifs (C(OH)–C–C–N with tert-alkyl or cyclic N) is 1. The lowest BCUT2D eigenvalue weighted by Gasteiger charge is -2.21. The summed E-state index contributed by atoms with van der Waals surface area (Å²) in [5.74, 6) is 0.0172. The van der Waals surface area contributed by atoms with Crippen molar-refractivity contribution in [3.05, 3.63) is 66.1 Å². The van der Waals surface area contributed by atoms with E-state index in [0.717, 1.165) is 17.3 Å². The van der Waals surface area contributed by atoms with Gasteiger partial charge in [0.2, 0.25) is 0 Å². The van der Waals surface area contributed by atoms with Crippen LogP contribution < -0.4 is 0 Å². The largest absolute Gasteiger partial charge is 0.391 e. The molecule has 28 heavy (non-hydrogen) atoms. The summed E-state index contributed by atoms with van der Waals surface area (Å²) in [4.78, 5) is 19.1. The molecule has 4 rings (SSSR count). The van der Waals surface area contributed by atoms with Gasteiger partial charge in [-0.15, -0.1) is 0 Å². The Balaban J connectivity index is 1.50. The zero-order valence-electron chi connectivity index (χ0n) is 16.7. The Hall–Kier alpha value is -2.66. The summed E-state index contributed by atoms with van der Waals surface area (Å²) in [7, 11) is 0. The highest BCUT2D eigenvalue weighted by Gasteiger charge is 2.35. The Kier molecular flexibility index (Phi) is 4.71. The molecule has 5 nitrogen and oxygen atoms in total. The SMILES string of the molecule is CC(C)(C)n1ccc(C(=O)N2C[C@@H](Cc3ccnc4ccccc34)[C@@H](O)C2)c1. The molecular weight excluding hydrogens is 350 g/mol. The van der Waals surface area contributed by atoms with Gasteiger partial charge < -0.3 is 14.6 Å². The summed E-state index contributed by atoms with van der Waals surface area (Å²) < 4.78 is 2.05. The van der Waals surface area contributed by atoms with Gasteiger partial charge in [-0.1, -0.05) is 18.2 Å². The van der Waals surface area contributed by atoms with Gasteiger partial charge in [0.25, 0.3) is 5.91 Å². The normalized spacial score (nSPS) is 20.1. The van der Waals surface area contributed by atoms with E-state index in [-0.39, 0.29) is 17.4 Å². The molecule has 1 fully saturated rings. The van der Waals surface area contributed by atoms with E-state index in [9.17, 15) is 9.90 Å². The molecule has 1 N–H and O–H groups in total. The van der Waals surface area contributed by atoms with E-state index in [2.05, 4.69) is 31.8 Å². The van der Waals surface area contributed by atoms with Gasteiger partial charge in [0, 0.05) is 48.5 Å². The van der Waals surface area contributed by atoms with Crippen LogP contribution in [0.1, 0.15) is 36.7 Å². The maximum atomic E-state index is 12.9. The lowest BCUT2D eigenvalue weighted by molar-refractivity contribution is 0.0764. The first-order valence-electron chi connectivity index (χ1n) is 9.81. The van der Waals surface area contributed by atoms with Gasteiger partial charge in [0.05, 0.1) is 17.2 Å². The first-order valence-corrected chi connectivity index (χ1v) is 9.81. The van der Waals surface area contributed by atoms with Gasteiger partial charge in [-0.05, 0) is 51.0 Å². The monoisotopic (exact) mass is 377 g/mol. The van der Waals surface area contributed by atoms with Crippen LogP contribution in [0.25, 0.3) is 10.9 Å². The summed E-state index contributed by atoms with van der Waals surface area (Å²) in [6, 6.07) is 11.9. The molecule has 0 spiro atoms. The van der Waals surface area contributed by atoms with Gasteiger partial charge in [0.15, 0.2) is 0 Å². The van der Waals surface area contributed by atoms with Crippen LogP contribution in [-0.4, -0.2) is 44.7 Å². The fourth-order valence-corrected chi connectivity index (χ4v) is 3.96. The lowest BCUT2D eigenvalue weighted by atomic mass is 9.94. The summed E-state index contributed by atoms with van der Waals surface area (Å²) >= 11 is 0. The molecule has 0 radical (unpaired) electrons. The van der Waals surface area contributed by atoms with E-state index in [1.807, 2.05) is 53.5 Å². The van der Waals surface area contributed by atoms with E-state index < -0.39 is 6.10 Å². The first-order chi connectivity index (χ1) is 13.3. The van der Waals surface area contributed by atoms with Crippen molar-refractivity contribution >= 4 is 16.8 Å². The molecule has 2 aromatic heterocycles. The van der Waals surface area contributed by atoms with E-state index >= 15 is 0 Å². The fourth-order valence-electron chi connectivity index (χ4n) is 3.96. The summed E-state index contributed by atoms with van der Waals surface area (Å²) in [6.45, 7) is 7.27. The van der Waals surface area contributed by atoms with Crippen molar-refractivity contribution in [3.8, 4) is 0 Å². The summed E-state index contributed by atoms with van der Waals surface area (Å²) in [6.07, 6.45) is 5.88. The van der Waals surface area contributed by atoms with Crippen LogP contribution in [0.2, 0.25) is 0 Å².